The number of hydrogen-bond donors (Lipinski definition) is 0. The lowest BCUT2D eigenvalue weighted by Crippen LogP contribution is -2.15. The minimum absolute atomic E-state index is 0.268. The summed E-state index contributed by atoms with van der Waals surface area (Å²) in [5, 5.41) is 9.32. The molecule has 0 amide bonds. The topological polar surface area (TPSA) is 52.0 Å². The number of para-hydroxylation sites is 1. The van der Waals surface area contributed by atoms with Crippen LogP contribution in [0.25, 0.3) is 105 Å². The number of imidazole rings is 1. The van der Waals surface area contributed by atoms with Crippen molar-refractivity contribution >= 4 is 64.0 Å². The van der Waals surface area contributed by atoms with Gasteiger partial charge in [0.05, 0.1) is 26.5 Å². The van der Waals surface area contributed by atoms with Gasteiger partial charge in [-0.2, -0.15) is 0 Å². The first kappa shape index (κ1) is 32.9. The number of aromatic nitrogens is 2. The lowest BCUT2D eigenvalue weighted by Gasteiger charge is -2.22. The van der Waals surface area contributed by atoms with Crippen molar-refractivity contribution in [2.45, 2.75) is 9.79 Å². The van der Waals surface area contributed by atoms with Crippen LogP contribution in [0.2, 0.25) is 0 Å². The fourth-order valence-corrected chi connectivity index (χ4v) is 11.0. The van der Waals surface area contributed by atoms with Crippen LogP contribution in [0.15, 0.2) is 204 Å². The quantitative estimate of drug-likeness (QED) is 0.168. The SMILES string of the molecule is O=S1(=O)c2cc(-c3ccc4c(-c5cccc6ccccc56)c5ccccc5c(-c5cccc6ccccc56)c4c3)ccc2-n2c(-c3ccccc3)nc3cccc1c32. The largest absolute Gasteiger partial charge is 0.290 e. The molecule has 11 aromatic rings. The zero-order chi connectivity index (χ0) is 38.5. The third kappa shape index (κ3) is 4.68. The zero-order valence-corrected chi connectivity index (χ0v) is 31.9. The maximum absolute atomic E-state index is 14.6. The molecule has 0 saturated heterocycles. The molecule has 5 heteroatoms. The van der Waals surface area contributed by atoms with Crippen LogP contribution in [-0.4, -0.2) is 18.0 Å². The molecule has 0 aliphatic carbocycles. The van der Waals surface area contributed by atoms with Crippen LogP contribution >= 0.6 is 0 Å². The van der Waals surface area contributed by atoms with Crippen LogP contribution < -0.4 is 0 Å². The zero-order valence-electron chi connectivity index (χ0n) is 31.1. The van der Waals surface area contributed by atoms with Crippen LogP contribution in [0, 0.1) is 0 Å². The number of hydrogen-bond acceptors (Lipinski definition) is 3. The van der Waals surface area contributed by atoms with Crippen molar-refractivity contribution in [3.05, 3.63) is 194 Å². The first-order chi connectivity index (χ1) is 28.5. The van der Waals surface area contributed by atoms with Gasteiger partial charge >= 0.3 is 0 Å². The van der Waals surface area contributed by atoms with E-state index in [2.05, 4.69) is 127 Å². The molecule has 1 aliphatic heterocycles. The summed E-state index contributed by atoms with van der Waals surface area (Å²) in [6.07, 6.45) is 0. The predicted octanol–water partition coefficient (Wildman–Crippen LogP) is 13.5. The molecule has 1 aliphatic rings. The molecule has 2 heterocycles. The molecule has 0 fully saturated rings. The van der Waals surface area contributed by atoms with E-state index in [4.69, 9.17) is 4.98 Å². The molecule has 0 bridgehead atoms. The molecule has 0 unspecified atom stereocenters. The first-order valence-corrected chi connectivity index (χ1v) is 20.9. The van der Waals surface area contributed by atoms with Gasteiger partial charge in [-0.1, -0.05) is 164 Å². The van der Waals surface area contributed by atoms with Gasteiger partial charge in [0.2, 0.25) is 9.84 Å². The predicted molar refractivity (Wildman–Crippen MR) is 238 cm³/mol. The number of benzene rings is 10. The Balaban J connectivity index is 1.16. The van der Waals surface area contributed by atoms with Crippen molar-refractivity contribution < 1.29 is 8.42 Å². The second-order valence-corrected chi connectivity index (χ2v) is 16.9. The summed E-state index contributed by atoms with van der Waals surface area (Å²) >= 11 is 0. The van der Waals surface area contributed by atoms with Crippen LogP contribution in [-0.2, 0) is 9.84 Å². The third-order valence-corrected chi connectivity index (χ3v) is 13.7. The van der Waals surface area contributed by atoms with E-state index < -0.39 is 9.84 Å². The van der Waals surface area contributed by atoms with E-state index in [0.717, 1.165) is 44.0 Å². The smallest absolute Gasteiger partial charge is 0.210 e. The van der Waals surface area contributed by atoms with Crippen LogP contribution in [0.5, 0.6) is 0 Å². The molecule has 58 heavy (non-hydrogen) atoms. The normalized spacial score (nSPS) is 13.1. The first-order valence-electron chi connectivity index (χ1n) is 19.5. The van der Waals surface area contributed by atoms with Gasteiger partial charge in [-0.05, 0) is 107 Å². The van der Waals surface area contributed by atoms with Crippen molar-refractivity contribution in [2.24, 2.45) is 0 Å². The maximum Gasteiger partial charge on any atom is 0.210 e. The Morgan fingerprint density at radius 1 is 0.397 bits per heavy atom. The Morgan fingerprint density at radius 2 is 0.931 bits per heavy atom. The molecule has 272 valence electrons. The molecule has 0 radical (unpaired) electrons. The molecular weight excluding hydrogens is 729 g/mol. The van der Waals surface area contributed by atoms with Crippen molar-refractivity contribution in [1.29, 1.82) is 0 Å². The van der Waals surface area contributed by atoms with E-state index in [1.165, 1.54) is 38.1 Å². The van der Waals surface area contributed by atoms with E-state index in [0.29, 0.717) is 22.5 Å². The highest BCUT2D eigenvalue weighted by Gasteiger charge is 2.34. The highest BCUT2D eigenvalue weighted by Crippen LogP contribution is 2.48. The van der Waals surface area contributed by atoms with Gasteiger partial charge in [-0.3, -0.25) is 4.57 Å². The minimum Gasteiger partial charge on any atom is -0.290 e. The molecule has 4 nitrogen and oxygen atoms in total. The van der Waals surface area contributed by atoms with Gasteiger partial charge in [-0.25, -0.2) is 13.4 Å². The summed E-state index contributed by atoms with van der Waals surface area (Å²) in [6, 6.07) is 66.8. The molecule has 12 rings (SSSR count). The molecule has 0 saturated carbocycles. The van der Waals surface area contributed by atoms with Gasteiger partial charge in [0, 0.05) is 5.56 Å². The molecule has 1 aromatic heterocycles. The van der Waals surface area contributed by atoms with Crippen molar-refractivity contribution in [2.75, 3.05) is 0 Å². The summed E-state index contributed by atoms with van der Waals surface area (Å²) in [7, 11) is -3.88. The highest BCUT2D eigenvalue weighted by atomic mass is 32.2. The van der Waals surface area contributed by atoms with E-state index >= 15 is 0 Å². The number of fused-ring (bicyclic) bond motifs is 6. The average Bonchev–Trinajstić information content (AvgIpc) is 3.67. The Hall–Kier alpha value is -7.34. The van der Waals surface area contributed by atoms with Gasteiger partial charge in [-0.15, -0.1) is 0 Å². The molecule has 0 spiro atoms. The summed E-state index contributed by atoms with van der Waals surface area (Å²) in [5.74, 6) is 0.713. The fourth-order valence-electron chi connectivity index (χ4n) is 9.37. The van der Waals surface area contributed by atoms with E-state index in [-0.39, 0.29) is 9.79 Å². The van der Waals surface area contributed by atoms with Crippen molar-refractivity contribution in [3.8, 4) is 50.5 Å². The number of nitrogens with zero attached hydrogens (tertiary/aromatic N) is 2. The molecule has 0 N–H and O–H groups in total. The lowest BCUT2D eigenvalue weighted by molar-refractivity contribution is 0.594. The monoisotopic (exact) mass is 760 g/mol. The molecule has 10 aromatic carbocycles. The Labute approximate surface area is 334 Å². The van der Waals surface area contributed by atoms with Crippen molar-refractivity contribution in [3.63, 3.8) is 0 Å². The van der Waals surface area contributed by atoms with Crippen LogP contribution in [0.3, 0.4) is 0 Å². The van der Waals surface area contributed by atoms with Gasteiger partial charge in [0.1, 0.15) is 5.82 Å². The number of rotatable bonds is 4. The lowest BCUT2D eigenvalue weighted by atomic mass is 9.83. The minimum atomic E-state index is -3.88. The summed E-state index contributed by atoms with van der Waals surface area (Å²) in [5.41, 5.74) is 9.21. The number of sulfone groups is 1. The summed E-state index contributed by atoms with van der Waals surface area (Å²) < 4.78 is 31.2. The van der Waals surface area contributed by atoms with E-state index in [9.17, 15) is 8.42 Å². The Kier molecular flexibility index (Phi) is 6.98. The molecular formula is C53H32N2O2S. The van der Waals surface area contributed by atoms with Crippen LogP contribution in [0.4, 0.5) is 0 Å². The third-order valence-electron chi connectivity index (χ3n) is 11.9. The molecule has 0 atom stereocenters. The van der Waals surface area contributed by atoms with Gasteiger partial charge in [0.25, 0.3) is 0 Å². The second kappa shape index (κ2) is 12.3. The standard InChI is InChI=1S/C53H32N2O2S/c56-58(57)48-26-12-25-46-52(48)55(53(54-46)35-15-2-1-3-16-35)47-30-28-37(32-49(47)58)36-27-29-44-45(31-36)51(41-24-11-18-34-14-5-7-20-39(34)41)43-22-9-8-21-42(43)50(44)40-23-10-17-33-13-4-6-19-38(33)40/h1-32H. The van der Waals surface area contributed by atoms with E-state index in [1.807, 2.05) is 59.2 Å². The summed E-state index contributed by atoms with van der Waals surface area (Å²) in [6.45, 7) is 0. The average molecular weight is 761 g/mol. The highest BCUT2D eigenvalue weighted by molar-refractivity contribution is 7.92. The van der Waals surface area contributed by atoms with E-state index in [1.54, 1.807) is 12.1 Å². The van der Waals surface area contributed by atoms with Gasteiger partial charge < -0.3 is 0 Å². The summed E-state index contributed by atoms with van der Waals surface area (Å²) in [4.78, 5) is 5.51. The second-order valence-electron chi connectivity index (χ2n) is 15.1. The Morgan fingerprint density at radius 3 is 1.62 bits per heavy atom. The van der Waals surface area contributed by atoms with Crippen molar-refractivity contribution in [1.82, 2.24) is 9.55 Å². The fraction of sp³-hybridized carbons (Fsp3) is 0. The van der Waals surface area contributed by atoms with Crippen LogP contribution in [0.1, 0.15) is 0 Å². The van der Waals surface area contributed by atoms with Gasteiger partial charge in [0.15, 0.2) is 0 Å². The Bertz CT molecular complexity index is 3630. The maximum atomic E-state index is 14.6.